The molecule has 5 nitrogen and oxygen atoms in total. The summed E-state index contributed by atoms with van der Waals surface area (Å²) >= 11 is 0. The number of benzene rings is 2. The summed E-state index contributed by atoms with van der Waals surface area (Å²) in [6.45, 7) is 6.10. The van der Waals surface area contributed by atoms with E-state index in [0.29, 0.717) is 16.9 Å². The first kappa shape index (κ1) is 21.1. The first-order chi connectivity index (χ1) is 14.6. The molecule has 8 heteroatoms. The number of hydrogen-bond donors (Lipinski definition) is 2. The van der Waals surface area contributed by atoms with Crippen LogP contribution in [0.5, 0.6) is 0 Å². The van der Waals surface area contributed by atoms with Gasteiger partial charge in [0.15, 0.2) is 5.82 Å². The third-order valence-electron chi connectivity index (χ3n) is 5.48. The van der Waals surface area contributed by atoms with E-state index in [0.717, 1.165) is 30.8 Å². The maximum Gasteiger partial charge on any atom is 0.416 e. The molecule has 2 heterocycles. The zero-order valence-electron chi connectivity index (χ0n) is 17.3. The van der Waals surface area contributed by atoms with E-state index in [1.54, 1.807) is 22.9 Å². The van der Waals surface area contributed by atoms with Crippen LogP contribution in [0.15, 0.2) is 55.0 Å². The number of aromatic nitrogens is 2. The van der Waals surface area contributed by atoms with Gasteiger partial charge < -0.3 is 15.2 Å². The van der Waals surface area contributed by atoms with E-state index in [1.807, 2.05) is 12.1 Å². The van der Waals surface area contributed by atoms with Crippen LogP contribution in [0, 0.1) is 0 Å². The smallest absolute Gasteiger partial charge is 0.331 e. The number of alkyl halides is 3. The minimum Gasteiger partial charge on any atom is -0.331 e. The van der Waals surface area contributed by atoms with Gasteiger partial charge >= 0.3 is 6.18 Å². The number of carbonyl (C=O) groups excluding carboxylic acids is 1. The number of rotatable bonds is 4. The van der Waals surface area contributed by atoms with Gasteiger partial charge in [0.2, 0.25) is 0 Å². The molecule has 0 spiro atoms. The second-order valence-corrected chi connectivity index (χ2v) is 8.44. The molecule has 2 aromatic carbocycles. The van der Waals surface area contributed by atoms with Crippen LogP contribution in [0.4, 0.5) is 19.0 Å². The van der Waals surface area contributed by atoms with Crippen LogP contribution < -0.4 is 10.6 Å². The van der Waals surface area contributed by atoms with Gasteiger partial charge in [-0.25, -0.2) is 4.98 Å². The van der Waals surface area contributed by atoms with Crippen molar-refractivity contribution in [2.75, 3.05) is 11.9 Å². The average Bonchev–Trinajstić information content (AvgIpc) is 3.14. The van der Waals surface area contributed by atoms with Crippen LogP contribution in [-0.2, 0) is 24.7 Å². The Morgan fingerprint density at radius 3 is 2.81 bits per heavy atom. The fourth-order valence-electron chi connectivity index (χ4n) is 3.86. The lowest BCUT2D eigenvalue weighted by Gasteiger charge is -2.33. The molecule has 1 aromatic heterocycles. The molecule has 0 fully saturated rings. The van der Waals surface area contributed by atoms with E-state index in [4.69, 9.17) is 0 Å². The number of imidazole rings is 1. The molecule has 0 unspecified atom stereocenters. The quantitative estimate of drug-likeness (QED) is 0.639. The molecule has 0 radical (unpaired) electrons. The summed E-state index contributed by atoms with van der Waals surface area (Å²) in [5, 5.41) is 6.15. The summed E-state index contributed by atoms with van der Waals surface area (Å²) in [7, 11) is 0. The fraction of sp³-hybridized carbons (Fsp3) is 0.304. The van der Waals surface area contributed by atoms with E-state index in [2.05, 4.69) is 29.5 Å². The number of hydrogen-bond acceptors (Lipinski definition) is 3. The lowest BCUT2D eigenvalue weighted by atomic mass is 9.78. The van der Waals surface area contributed by atoms with E-state index in [1.165, 1.54) is 18.0 Å². The minimum atomic E-state index is -4.39. The van der Waals surface area contributed by atoms with Crippen molar-refractivity contribution in [1.29, 1.82) is 0 Å². The Hall–Kier alpha value is -3.13. The third-order valence-corrected chi connectivity index (χ3v) is 5.48. The first-order valence-corrected chi connectivity index (χ1v) is 9.95. The number of carbonyl (C=O) groups is 1. The molecular formula is C23H23F3N4O. The van der Waals surface area contributed by atoms with Crippen LogP contribution in [0.3, 0.4) is 0 Å². The van der Waals surface area contributed by atoms with Gasteiger partial charge in [-0.2, -0.15) is 13.2 Å². The molecule has 0 saturated carbocycles. The molecule has 0 atom stereocenters. The van der Waals surface area contributed by atoms with Crippen molar-refractivity contribution in [1.82, 2.24) is 14.9 Å². The Morgan fingerprint density at radius 1 is 1.23 bits per heavy atom. The molecule has 1 aliphatic heterocycles. The highest BCUT2D eigenvalue weighted by Gasteiger charge is 2.30. The molecular weight excluding hydrogens is 405 g/mol. The lowest BCUT2D eigenvalue weighted by Crippen LogP contribution is -2.38. The van der Waals surface area contributed by atoms with Gasteiger partial charge in [-0.3, -0.25) is 4.79 Å². The third kappa shape index (κ3) is 4.64. The fourth-order valence-corrected chi connectivity index (χ4v) is 3.86. The molecule has 1 amide bonds. The minimum absolute atomic E-state index is 0.0730. The number of halogens is 3. The van der Waals surface area contributed by atoms with Gasteiger partial charge in [-0.05, 0) is 41.0 Å². The van der Waals surface area contributed by atoms with E-state index in [-0.39, 0.29) is 17.9 Å². The van der Waals surface area contributed by atoms with Gasteiger partial charge in [0.25, 0.3) is 5.91 Å². The van der Waals surface area contributed by atoms with E-state index >= 15 is 0 Å². The van der Waals surface area contributed by atoms with E-state index < -0.39 is 11.7 Å². The van der Waals surface area contributed by atoms with Crippen LogP contribution in [-0.4, -0.2) is 22.0 Å². The number of nitrogens with zero attached hydrogens (tertiary/aromatic N) is 2. The summed E-state index contributed by atoms with van der Waals surface area (Å²) in [6.07, 6.45) is -1.30. The Morgan fingerprint density at radius 2 is 2.03 bits per heavy atom. The lowest BCUT2D eigenvalue weighted by molar-refractivity contribution is -0.137. The maximum absolute atomic E-state index is 12.9. The molecule has 0 bridgehead atoms. The summed E-state index contributed by atoms with van der Waals surface area (Å²) < 4.78 is 40.3. The van der Waals surface area contributed by atoms with Crippen molar-refractivity contribution in [3.63, 3.8) is 0 Å². The van der Waals surface area contributed by atoms with Crippen molar-refractivity contribution >= 4 is 11.7 Å². The van der Waals surface area contributed by atoms with Crippen LogP contribution in [0.25, 0.3) is 0 Å². The van der Waals surface area contributed by atoms with Crippen LogP contribution >= 0.6 is 0 Å². The Kier molecular flexibility index (Phi) is 5.35. The maximum atomic E-state index is 12.9. The van der Waals surface area contributed by atoms with Gasteiger partial charge in [-0.15, -0.1) is 0 Å². The number of nitrogens with one attached hydrogen (secondary N) is 2. The normalized spacial score (nSPS) is 15.4. The predicted octanol–water partition coefficient (Wildman–Crippen LogP) is 4.58. The zero-order chi connectivity index (χ0) is 22.2. The highest BCUT2D eigenvalue weighted by atomic mass is 19.4. The summed E-state index contributed by atoms with van der Waals surface area (Å²) in [6, 6.07) is 10.8. The highest BCUT2D eigenvalue weighted by Crippen LogP contribution is 2.31. The summed E-state index contributed by atoms with van der Waals surface area (Å²) in [4.78, 5) is 16.9. The Balaban J connectivity index is 1.47. The molecule has 31 heavy (non-hydrogen) atoms. The average molecular weight is 428 g/mol. The van der Waals surface area contributed by atoms with Crippen LogP contribution in [0.2, 0.25) is 0 Å². The van der Waals surface area contributed by atoms with Crippen molar-refractivity contribution < 1.29 is 18.0 Å². The van der Waals surface area contributed by atoms with Crippen molar-refractivity contribution in [2.24, 2.45) is 0 Å². The Labute approximate surface area is 178 Å². The molecule has 2 N–H and O–H groups in total. The summed E-state index contributed by atoms with van der Waals surface area (Å²) in [5.74, 6) is 0.0667. The molecule has 4 rings (SSSR count). The molecule has 3 aromatic rings. The monoisotopic (exact) mass is 428 g/mol. The van der Waals surface area contributed by atoms with Gasteiger partial charge in [-0.1, -0.05) is 32.0 Å². The molecule has 1 aliphatic rings. The summed E-state index contributed by atoms with van der Waals surface area (Å²) in [5.41, 5.74) is 2.60. The van der Waals surface area contributed by atoms with Crippen molar-refractivity contribution in [3.8, 4) is 0 Å². The van der Waals surface area contributed by atoms with Gasteiger partial charge in [0.05, 0.1) is 11.9 Å². The van der Waals surface area contributed by atoms with E-state index in [9.17, 15) is 18.0 Å². The first-order valence-electron chi connectivity index (χ1n) is 9.95. The number of amides is 1. The van der Waals surface area contributed by atoms with Crippen molar-refractivity contribution in [3.05, 3.63) is 82.8 Å². The Bertz CT molecular complexity index is 1120. The highest BCUT2D eigenvalue weighted by molar-refractivity contribution is 6.03. The second kappa shape index (κ2) is 7.85. The number of anilines is 1. The zero-order valence-corrected chi connectivity index (χ0v) is 17.3. The predicted molar refractivity (Wildman–Crippen MR) is 112 cm³/mol. The van der Waals surface area contributed by atoms with Gasteiger partial charge in [0.1, 0.15) is 0 Å². The molecule has 0 saturated heterocycles. The standard InChI is InChI=1S/C23H23F3N4O/c1-22(2)13-27-10-17-7-6-16(9-19(17)22)21(31)29-20-12-30(14-28-20)11-15-4-3-5-18(8-15)23(24,25)26/h3-9,12,14,27H,10-11,13H2,1-2H3,(H,29,31). The topological polar surface area (TPSA) is 59.0 Å². The SMILES string of the molecule is CC1(C)CNCc2ccc(C(=O)Nc3cn(Cc4cccc(C(F)(F)F)c4)cn3)cc21. The van der Waals surface area contributed by atoms with Crippen molar-refractivity contribution in [2.45, 2.75) is 38.5 Å². The molecule has 162 valence electrons. The molecule has 0 aliphatic carbocycles. The van der Waals surface area contributed by atoms with Gasteiger partial charge in [0, 0.05) is 36.8 Å². The second-order valence-electron chi connectivity index (χ2n) is 8.44. The largest absolute Gasteiger partial charge is 0.416 e. The number of fused-ring (bicyclic) bond motifs is 1. The van der Waals surface area contributed by atoms with Crippen LogP contribution in [0.1, 0.15) is 46.5 Å².